The molecule has 3 heterocycles. The van der Waals surface area contributed by atoms with E-state index in [4.69, 9.17) is 4.74 Å². The van der Waals surface area contributed by atoms with E-state index in [9.17, 15) is 9.59 Å². The third-order valence-corrected chi connectivity index (χ3v) is 3.61. The minimum atomic E-state index is -0.400. The molecule has 2 aromatic heterocycles. The molecule has 0 fully saturated rings. The van der Waals surface area contributed by atoms with Gasteiger partial charge in [0.2, 0.25) is 0 Å². The van der Waals surface area contributed by atoms with Crippen LogP contribution in [-0.4, -0.2) is 27.7 Å². The minimum Gasteiger partial charge on any atom is -0.375 e. The van der Waals surface area contributed by atoms with Crippen LogP contribution < -0.4 is 10.9 Å². The molecule has 0 aromatic carbocycles. The van der Waals surface area contributed by atoms with E-state index >= 15 is 0 Å². The first-order valence-corrected chi connectivity index (χ1v) is 6.47. The Labute approximate surface area is 111 Å². The highest BCUT2D eigenvalue weighted by Gasteiger charge is 2.17. The van der Waals surface area contributed by atoms with Gasteiger partial charge in [0, 0.05) is 12.5 Å². The topological polar surface area (TPSA) is 97.0 Å². The second-order valence-electron chi connectivity index (χ2n) is 3.95. The molecule has 19 heavy (non-hydrogen) atoms. The van der Waals surface area contributed by atoms with Gasteiger partial charge in [-0.1, -0.05) is 11.3 Å². The molecular formula is C11H10N4O3S. The van der Waals surface area contributed by atoms with E-state index in [1.165, 1.54) is 23.5 Å². The molecule has 0 saturated heterocycles. The smallest absolute Gasteiger partial charge is 0.277 e. The Balaban J connectivity index is 1.77. The summed E-state index contributed by atoms with van der Waals surface area (Å²) in [4.78, 5) is 28.1. The maximum atomic E-state index is 11.9. The standard InChI is InChI=1S/C11H10N4O3S/c16-9-2-1-7(14-15-9)10(17)13-11-12-6-3-4-18-5-8(6)19-11/h1-2H,3-5H2,(H,15,16)(H,12,13,17). The Bertz CT molecular complexity index is 635. The van der Waals surface area contributed by atoms with Crippen molar-refractivity contribution in [2.45, 2.75) is 13.0 Å². The van der Waals surface area contributed by atoms with Crippen LogP contribution >= 0.6 is 11.3 Å². The summed E-state index contributed by atoms with van der Waals surface area (Å²) in [6, 6.07) is 2.62. The number of fused-ring (bicyclic) bond motifs is 1. The average molecular weight is 278 g/mol. The van der Waals surface area contributed by atoms with Crippen LogP contribution in [0.15, 0.2) is 16.9 Å². The van der Waals surface area contributed by atoms with E-state index in [-0.39, 0.29) is 11.3 Å². The van der Waals surface area contributed by atoms with Crippen molar-refractivity contribution in [3.05, 3.63) is 38.8 Å². The predicted octanol–water partition coefficient (Wildman–Crippen LogP) is 0.551. The van der Waals surface area contributed by atoms with E-state index in [1.54, 1.807) is 0 Å². The Morgan fingerprint density at radius 1 is 1.47 bits per heavy atom. The van der Waals surface area contributed by atoms with Crippen molar-refractivity contribution >= 4 is 22.4 Å². The van der Waals surface area contributed by atoms with Crippen molar-refractivity contribution in [3.63, 3.8) is 0 Å². The zero-order valence-corrected chi connectivity index (χ0v) is 10.6. The number of aromatic nitrogens is 3. The minimum absolute atomic E-state index is 0.143. The third kappa shape index (κ3) is 2.54. The van der Waals surface area contributed by atoms with Gasteiger partial charge in [0.25, 0.3) is 11.5 Å². The Morgan fingerprint density at radius 3 is 3.11 bits per heavy atom. The fourth-order valence-electron chi connectivity index (χ4n) is 1.71. The molecule has 1 amide bonds. The fraction of sp³-hybridized carbons (Fsp3) is 0.273. The van der Waals surface area contributed by atoms with Gasteiger partial charge in [-0.2, -0.15) is 5.10 Å². The SMILES string of the molecule is O=C(Nc1nc2c(s1)COCC2)c1ccc(=O)[nH]n1. The van der Waals surface area contributed by atoms with Gasteiger partial charge in [-0.25, -0.2) is 10.1 Å². The molecule has 8 heteroatoms. The zero-order valence-electron chi connectivity index (χ0n) is 9.80. The Kier molecular flexibility index (Phi) is 3.10. The lowest BCUT2D eigenvalue weighted by molar-refractivity contribution is 0.102. The first kappa shape index (κ1) is 12.0. The Morgan fingerprint density at radius 2 is 2.37 bits per heavy atom. The number of hydrogen-bond acceptors (Lipinski definition) is 6. The number of ether oxygens (including phenoxy) is 1. The predicted molar refractivity (Wildman–Crippen MR) is 68.3 cm³/mol. The van der Waals surface area contributed by atoms with Crippen LogP contribution in [0.5, 0.6) is 0 Å². The molecule has 0 unspecified atom stereocenters. The molecule has 98 valence electrons. The summed E-state index contributed by atoms with van der Waals surface area (Å²) in [6.45, 7) is 1.20. The van der Waals surface area contributed by atoms with Gasteiger partial charge >= 0.3 is 0 Å². The molecule has 0 saturated carbocycles. The highest BCUT2D eigenvalue weighted by Crippen LogP contribution is 2.27. The van der Waals surface area contributed by atoms with Crippen LogP contribution in [0.4, 0.5) is 5.13 Å². The van der Waals surface area contributed by atoms with Crippen LogP contribution in [0.25, 0.3) is 0 Å². The lowest BCUT2D eigenvalue weighted by Gasteiger charge is -2.08. The Hall–Kier alpha value is -2.06. The molecule has 2 aromatic rings. The van der Waals surface area contributed by atoms with Crippen LogP contribution in [0.1, 0.15) is 21.1 Å². The lowest BCUT2D eigenvalue weighted by atomic mass is 10.2. The van der Waals surface area contributed by atoms with Crippen LogP contribution in [-0.2, 0) is 17.8 Å². The monoisotopic (exact) mass is 278 g/mol. The molecule has 2 N–H and O–H groups in total. The van der Waals surface area contributed by atoms with Gasteiger partial charge in [-0.05, 0) is 6.07 Å². The number of carbonyl (C=O) groups excluding carboxylic acids is 1. The summed E-state index contributed by atoms with van der Waals surface area (Å²) in [6.07, 6.45) is 0.763. The van der Waals surface area contributed by atoms with Gasteiger partial charge in [-0.15, -0.1) is 0 Å². The number of H-pyrrole nitrogens is 1. The van der Waals surface area contributed by atoms with Crippen molar-refractivity contribution in [3.8, 4) is 0 Å². The summed E-state index contributed by atoms with van der Waals surface area (Å²) in [7, 11) is 0. The zero-order chi connectivity index (χ0) is 13.2. The summed E-state index contributed by atoms with van der Waals surface area (Å²) in [5.41, 5.74) is 0.767. The van der Waals surface area contributed by atoms with Gasteiger partial charge in [-0.3, -0.25) is 14.9 Å². The number of aromatic amines is 1. The number of rotatable bonds is 2. The summed E-state index contributed by atoms with van der Waals surface area (Å²) >= 11 is 1.39. The highest BCUT2D eigenvalue weighted by atomic mass is 32.1. The van der Waals surface area contributed by atoms with Crippen LogP contribution in [0.2, 0.25) is 0 Å². The van der Waals surface area contributed by atoms with Gasteiger partial charge in [0.05, 0.1) is 23.8 Å². The number of anilines is 1. The van der Waals surface area contributed by atoms with Gasteiger partial charge < -0.3 is 4.74 Å². The van der Waals surface area contributed by atoms with E-state index in [0.29, 0.717) is 18.3 Å². The van der Waals surface area contributed by atoms with Crippen molar-refractivity contribution in [2.24, 2.45) is 0 Å². The number of carbonyl (C=O) groups is 1. The number of amides is 1. The summed E-state index contributed by atoms with van der Waals surface area (Å²) in [5, 5.41) is 9.06. The molecule has 0 aliphatic carbocycles. The number of nitrogens with zero attached hydrogens (tertiary/aromatic N) is 2. The molecule has 0 radical (unpaired) electrons. The highest BCUT2D eigenvalue weighted by molar-refractivity contribution is 7.15. The van der Waals surface area contributed by atoms with E-state index in [0.717, 1.165) is 17.0 Å². The molecule has 7 nitrogen and oxygen atoms in total. The van der Waals surface area contributed by atoms with Gasteiger partial charge in [0.15, 0.2) is 5.13 Å². The molecule has 3 rings (SSSR count). The number of thiazole rings is 1. The summed E-state index contributed by atoms with van der Waals surface area (Å²) in [5.74, 6) is -0.400. The molecule has 1 aliphatic heterocycles. The van der Waals surface area contributed by atoms with Crippen molar-refractivity contribution in [1.82, 2.24) is 15.2 Å². The van der Waals surface area contributed by atoms with E-state index < -0.39 is 5.91 Å². The molecule has 0 atom stereocenters. The second kappa shape index (κ2) is 4.90. The molecule has 0 bridgehead atoms. The van der Waals surface area contributed by atoms with E-state index in [1.807, 2.05) is 0 Å². The maximum absolute atomic E-state index is 11.9. The molecular weight excluding hydrogens is 268 g/mol. The fourth-order valence-corrected chi connectivity index (χ4v) is 2.65. The van der Waals surface area contributed by atoms with Crippen molar-refractivity contribution in [1.29, 1.82) is 0 Å². The average Bonchev–Trinajstić information content (AvgIpc) is 2.81. The van der Waals surface area contributed by atoms with E-state index in [2.05, 4.69) is 20.5 Å². The third-order valence-electron chi connectivity index (χ3n) is 2.63. The number of hydrogen-bond donors (Lipinski definition) is 2. The second-order valence-corrected chi connectivity index (χ2v) is 5.04. The quantitative estimate of drug-likeness (QED) is 0.836. The molecule has 1 aliphatic rings. The van der Waals surface area contributed by atoms with Gasteiger partial charge in [0.1, 0.15) is 5.69 Å². The first-order valence-electron chi connectivity index (χ1n) is 5.66. The largest absolute Gasteiger partial charge is 0.375 e. The van der Waals surface area contributed by atoms with Crippen LogP contribution in [0, 0.1) is 0 Å². The van der Waals surface area contributed by atoms with Crippen molar-refractivity contribution < 1.29 is 9.53 Å². The lowest BCUT2D eigenvalue weighted by Crippen LogP contribution is -2.17. The van der Waals surface area contributed by atoms with Crippen LogP contribution in [0.3, 0.4) is 0 Å². The van der Waals surface area contributed by atoms with Crippen molar-refractivity contribution in [2.75, 3.05) is 11.9 Å². The normalized spacial score (nSPS) is 13.9. The first-order chi connectivity index (χ1) is 9.22. The number of nitrogens with one attached hydrogen (secondary N) is 2. The summed E-state index contributed by atoms with van der Waals surface area (Å²) < 4.78 is 5.32. The maximum Gasteiger partial charge on any atom is 0.277 e. The molecule has 0 spiro atoms.